The van der Waals surface area contributed by atoms with Crippen LogP contribution in [-0.4, -0.2) is 9.20 Å². The summed E-state index contributed by atoms with van der Waals surface area (Å²) in [5.41, 5.74) is 1.31. The van der Waals surface area contributed by atoms with Gasteiger partial charge in [-0.1, -0.05) is 22.9 Å². The van der Waals surface area contributed by atoms with Crippen molar-refractivity contribution in [1.82, 2.24) is 4.37 Å². The molecule has 0 spiro atoms. The minimum Gasteiger partial charge on any atom is -0.197 e. The van der Waals surface area contributed by atoms with Gasteiger partial charge in [-0.15, -0.1) is 0 Å². The van der Waals surface area contributed by atoms with Crippen molar-refractivity contribution in [3.8, 4) is 0 Å². The van der Waals surface area contributed by atoms with Crippen LogP contribution in [0.4, 0.5) is 0 Å². The minimum atomic E-state index is 0.685. The highest BCUT2D eigenvalue weighted by molar-refractivity contribution is 9.09. The van der Waals surface area contributed by atoms with Crippen LogP contribution >= 0.6 is 27.5 Å². The number of nitrogens with zero attached hydrogens (tertiary/aromatic N) is 1. The van der Waals surface area contributed by atoms with E-state index in [0.29, 0.717) is 10.7 Å². The first-order valence-corrected chi connectivity index (χ1v) is 6.57. The molecule has 72 valence electrons. The second-order valence-corrected chi connectivity index (χ2v) is 5.88. The van der Waals surface area contributed by atoms with Crippen LogP contribution in [0.25, 0.3) is 0 Å². The molecule has 2 rings (SSSR count). The van der Waals surface area contributed by atoms with Crippen molar-refractivity contribution in [2.24, 2.45) is 5.92 Å². The SMILES string of the molecule is CC1CCC(Br)CC1c1ccsn1. The molecule has 1 aromatic heterocycles. The molecule has 0 radical (unpaired) electrons. The maximum atomic E-state index is 4.45. The van der Waals surface area contributed by atoms with Crippen LogP contribution in [0.3, 0.4) is 0 Å². The lowest BCUT2D eigenvalue weighted by atomic mass is 9.79. The van der Waals surface area contributed by atoms with Gasteiger partial charge in [0.05, 0.1) is 5.69 Å². The van der Waals surface area contributed by atoms with Gasteiger partial charge in [-0.2, -0.15) is 4.37 Å². The fourth-order valence-corrected chi connectivity index (χ4v) is 3.34. The summed E-state index contributed by atoms with van der Waals surface area (Å²) in [6, 6.07) is 2.18. The zero-order chi connectivity index (χ0) is 9.26. The zero-order valence-electron chi connectivity index (χ0n) is 7.74. The van der Waals surface area contributed by atoms with E-state index < -0.39 is 0 Å². The first-order valence-electron chi connectivity index (χ1n) is 4.81. The molecule has 1 fully saturated rings. The number of alkyl halides is 1. The maximum Gasteiger partial charge on any atom is 0.0576 e. The van der Waals surface area contributed by atoms with Gasteiger partial charge in [0.1, 0.15) is 0 Å². The second-order valence-electron chi connectivity index (χ2n) is 3.92. The Bertz CT molecular complexity index is 260. The maximum absolute atomic E-state index is 4.45. The molecule has 1 aromatic rings. The number of hydrogen-bond donors (Lipinski definition) is 0. The molecule has 0 bridgehead atoms. The molecule has 3 atom stereocenters. The topological polar surface area (TPSA) is 12.9 Å². The van der Waals surface area contributed by atoms with Crippen molar-refractivity contribution in [3.63, 3.8) is 0 Å². The van der Waals surface area contributed by atoms with Crippen molar-refractivity contribution in [2.45, 2.75) is 36.9 Å². The van der Waals surface area contributed by atoms with E-state index in [4.69, 9.17) is 0 Å². The highest BCUT2D eigenvalue weighted by atomic mass is 79.9. The number of hydrogen-bond acceptors (Lipinski definition) is 2. The van der Waals surface area contributed by atoms with Crippen molar-refractivity contribution in [3.05, 3.63) is 17.1 Å². The van der Waals surface area contributed by atoms with E-state index in [1.807, 2.05) is 0 Å². The number of halogens is 1. The van der Waals surface area contributed by atoms with Crippen molar-refractivity contribution in [2.75, 3.05) is 0 Å². The predicted octanol–water partition coefficient (Wildman–Crippen LogP) is 3.81. The van der Waals surface area contributed by atoms with Crippen molar-refractivity contribution < 1.29 is 0 Å². The van der Waals surface area contributed by atoms with Gasteiger partial charge in [-0.25, -0.2) is 0 Å². The Morgan fingerprint density at radius 2 is 2.38 bits per heavy atom. The molecule has 3 unspecified atom stereocenters. The molecule has 0 N–H and O–H groups in total. The van der Waals surface area contributed by atoms with Crippen LogP contribution in [0.5, 0.6) is 0 Å². The van der Waals surface area contributed by atoms with Gasteiger partial charge in [0, 0.05) is 16.1 Å². The molecule has 1 heterocycles. The molecule has 1 nitrogen and oxygen atoms in total. The largest absolute Gasteiger partial charge is 0.197 e. The van der Waals surface area contributed by atoms with E-state index in [-0.39, 0.29) is 0 Å². The summed E-state index contributed by atoms with van der Waals surface area (Å²) < 4.78 is 4.45. The minimum absolute atomic E-state index is 0.685. The summed E-state index contributed by atoms with van der Waals surface area (Å²) in [4.78, 5) is 0.704. The van der Waals surface area contributed by atoms with Gasteiger partial charge >= 0.3 is 0 Å². The van der Waals surface area contributed by atoms with Gasteiger partial charge in [0.25, 0.3) is 0 Å². The quantitative estimate of drug-likeness (QED) is 0.700. The second kappa shape index (κ2) is 4.09. The lowest BCUT2D eigenvalue weighted by Crippen LogP contribution is -2.21. The molecule has 1 aliphatic rings. The van der Waals surface area contributed by atoms with Crippen LogP contribution < -0.4 is 0 Å². The summed E-state index contributed by atoms with van der Waals surface area (Å²) in [5, 5.41) is 2.08. The average molecular weight is 260 g/mol. The van der Waals surface area contributed by atoms with E-state index in [1.165, 1.54) is 25.0 Å². The van der Waals surface area contributed by atoms with E-state index in [9.17, 15) is 0 Å². The summed E-state index contributed by atoms with van der Waals surface area (Å²) in [5.74, 6) is 1.49. The molecule has 0 amide bonds. The molecule has 3 heteroatoms. The molecule has 1 aliphatic carbocycles. The van der Waals surface area contributed by atoms with Gasteiger partial charge in [-0.3, -0.25) is 0 Å². The van der Waals surface area contributed by atoms with Gasteiger partial charge in [0.2, 0.25) is 0 Å². The number of aromatic nitrogens is 1. The molecule has 1 saturated carbocycles. The predicted molar refractivity (Wildman–Crippen MR) is 60.6 cm³/mol. The Kier molecular flexibility index (Phi) is 3.04. The normalized spacial score (nSPS) is 34.8. The summed E-state index contributed by atoms with van der Waals surface area (Å²) in [7, 11) is 0. The van der Waals surface area contributed by atoms with E-state index >= 15 is 0 Å². The van der Waals surface area contributed by atoms with Crippen molar-refractivity contribution >= 4 is 27.5 Å². The summed E-state index contributed by atoms with van der Waals surface area (Å²) in [6.45, 7) is 2.35. The molecule has 0 aromatic carbocycles. The lowest BCUT2D eigenvalue weighted by molar-refractivity contribution is 0.336. The Hall–Kier alpha value is 0.110. The zero-order valence-corrected chi connectivity index (χ0v) is 10.1. The van der Waals surface area contributed by atoms with Gasteiger partial charge in [-0.05, 0) is 42.8 Å². The lowest BCUT2D eigenvalue weighted by Gasteiger charge is -2.30. The Labute approximate surface area is 91.8 Å². The van der Waals surface area contributed by atoms with Crippen molar-refractivity contribution in [1.29, 1.82) is 0 Å². The Morgan fingerprint density at radius 1 is 1.54 bits per heavy atom. The fourth-order valence-electron chi connectivity index (χ4n) is 2.10. The van der Waals surface area contributed by atoms with E-state index in [1.54, 1.807) is 11.5 Å². The molecule has 13 heavy (non-hydrogen) atoms. The first-order chi connectivity index (χ1) is 6.27. The molecular weight excluding hydrogens is 246 g/mol. The highest BCUT2D eigenvalue weighted by Gasteiger charge is 2.28. The molecular formula is C10H14BrNS. The standard InChI is InChI=1S/C10H14BrNS/c1-7-2-3-8(11)6-9(7)10-4-5-13-12-10/h4-5,7-9H,2-3,6H2,1H3. The first kappa shape index (κ1) is 9.66. The monoisotopic (exact) mass is 259 g/mol. The van der Waals surface area contributed by atoms with Gasteiger partial charge in [0.15, 0.2) is 0 Å². The van der Waals surface area contributed by atoms with Crippen LogP contribution in [0.2, 0.25) is 0 Å². The van der Waals surface area contributed by atoms with Crippen LogP contribution in [0.1, 0.15) is 37.8 Å². The smallest absolute Gasteiger partial charge is 0.0576 e. The number of rotatable bonds is 1. The Balaban J connectivity index is 2.12. The van der Waals surface area contributed by atoms with Crippen LogP contribution in [-0.2, 0) is 0 Å². The fraction of sp³-hybridized carbons (Fsp3) is 0.700. The summed E-state index contributed by atoms with van der Waals surface area (Å²) >= 11 is 5.29. The van der Waals surface area contributed by atoms with Gasteiger partial charge < -0.3 is 0 Å². The molecule has 0 aliphatic heterocycles. The Morgan fingerprint density at radius 3 is 3.08 bits per heavy atom. The van der Waals surface area contributed by atoms with E-state index in [2.05, 4.69) is 38.7 Å². The van der Waals surface area contributed by atoms with Crippen LogP contribution in [0.15, 0.2) is 11.4 Å². The third-order valence-corrected chi connectivity index (χ3v) is 4.38. The third-order valence-electron chi connectivity index (χ3n) is 2.97. The third kappa shape index (κ3) is 2.13. The average Bonchev–Trinajstić information content (AvgIpc) is 2.61. The van der Waals surface area contributed by atoms with Crippen LogP contribution in [0, 0.1) is 5.92 Å². The molecule has 0 saturated heterocycles. The summed E-state index contributed by atoms with van der Waals surface area (Å²) in [6.07, 6.45) is 3.91. The van der Waals surface area contributed by atoms with E-state index in [0.717, 1.165) is 5.92 Å². The highest BCUT2D eigenvalue weighted by Crippen LogP contribution is 2.39.